The van der Waals surface area contributed by atoms with Gasteiger partial charge in [-0.15, -0.1) is 11.3 Å². The van der Waals surface area contributed by atoms with Crippen molar-refractivity contribution in [3.63, 3.8) is 0 Å². The second kappa shape index (κ2) is 7.45. The normalized spacial score (nSPS) is 20.5. The van der Waals surface area contributed by atoms with Crippen LogP contribution in [0.2, 0.25) is 0 Å². The third kappa shape index (κ3) is 3.80. The molecule has 25 heavy (non-hydrogen) atoms. The molecular weight excluding hydrogens is 332 g/mol. The van der Waals surface area contributed by atoms with E-state index in [-0.39, 0.29) is 6.04 Å². The second-order valence-electron chi connectivity index (χ2n) is 6.53. The SMILES string of the molecule is NC(=NCCN1CCc2sccc2C1)NC1CCOc2ccccc21. The third-order valence-electron chi connectivity index (χ3n) is 4.87. The number of nitrogens with zero attached hydrogens (tertiary/aromatic N) is 2. The van der Waals surface area contributed by atoms with E-state index >= 15 is 0 Å². The van der Waals surface area contributed by atoms with Gasteiger partial charge in [0.05, 0.1) is 19.2 Å². The Morgan fingerprint density at radius 3 is 3.24 bits per heavy atom. The zero-order valence-electron chi connectivity index (χ0n) is 14.3. The molecule has 0 amide bonds. The van der Waals surface area contributed by atoms with Crippen molar-refractivity contribution < 1.29 is 4.74 Å². The van der Waals surface area contributed by atoms with Crippen LogP contribution in [0.15, 0.2) is 40.7 Å². The van der Waals surface area contributed by atoms with Crippen LogP contribution in [0.5, 0.6) is 5.75 Å². The number of nitrogens with two attached hydrogens (primary N) is 1. The van der Waals surface area contributed by atoms with Gasteiger partial charge in [-0.25, -0.2) is 0 Å². The van der Waals surface area contributed by atoms with Crippen LogP contribution in [0.25, 0.3) is 0 Å². The second-order valence-corrected chi connectivity index (χ2v) is 7.53. The molecule has 6 heteroatoms. The minimum Gasteiger partial charge on any atom is -0.493 e. The quantitative estimate of drug-likeness (QED) is 0.653. The third-order valence-corrected chi connectivity index (χ3v) is 5.89. The highest BCUT2D eigenvalue weighted by molar-refractivity contribution is 7.10. The summed E-state index contributed by atoms with van der Waals surface area (Å²) in [4.78, 5) is 8.53. The average molecular weight is 356 g/mol. The first-order chi connectivity index (χ1) is 12.3. The zero-order chi connectivity index (χ0) is 17.1. The number of thiophene rings is 1. The van der Waals surface area contributed by atoms with E-state index in [0.717, 1.165) is 50.3 Å². The Balaban J connectivity index is 1.30. The number of fused-ring (bicyclic) bond motifs is 2. The molecule has 0 spiro atoms. The Morgan fingerprint density at radius 2 is 2.28 bits per heavy atom. The molecule has 0 aliphatic carbocycles. The van der Waals surface area contributed by atoms with Crippen molar-refractivity contribution in [3.8, 4) is 5.75 Å². The molecule has 3 N–H and O–H groups in total. The molecule has 1 unspecified atom stereocenters. The molecule has 1 aromatic carbocycles. The summed E-state index contributed by atoms with van der Waals surface area (Å²) < 4.78 is 5.69. The molecule has 1 atom stereocenters. The lowest BCUT2D eigenvalue weighted by Crippen LogP contribution is -2.38. The van der Waals surface area contributed by atoms with E-state index in [9.17, 15) is 0 Å². The Bertz CT molecular complexity index is 757. The Kier molecular flexibility index (Phi) is 4.90. The van der Waals surface area contributed by atoms with E-state index in [4.69, 9.17) is 10.5 Å². The highest BCUT2D eigenvalue weighted by Gasteiger charge is 2.21. The van der Waals surface area contributed by atoms with Crippen LogP contribution in [-0.4, -0.2) is 37.1 Å². The molecule has 4 rings (SSSR count). The lowest BCUT2D eigenvalue weighted by Gasteiger charge is -2.27. The topological polar surface area (TPSA) is 62.9 Å². The van der Waals surface area contributed by atoms with Crippen LogP contribution in [0.4, 0.5) is 0 Å². The van der Waals surface area contributed by atoms with Crippen LogP contribution in [-0.2, 0) is 13.0 Å². The molecule has 0 saturated carbocycles. The lowest BCUT2D eigenvalue weighted by atomic mass is 10.0. The van der Waals surface area contributed by atoms with Crippen LogP contribution < -0.4 is 15.8 Å². The Morgan fingerprint density at radius 1 is 1.36 bits per heavy atom. The molecule has 2 aliphatic heterocycles. The number of benzene rings is 1. The Labute approximate surface area is 152 Å². The van der Waals surface area contributed by atoms with Gasteiger partial charge in [-0.3, -0.25) is 9.89 Å². The van der Waals surface area contributed by atoms with Gasteiger partial charge in [0.1, 0.15) is 5.75 Å². The minimum atomic E-state index is 0.178. The number of hydrogen-bond acceptors (Lipinski definition) is 4. The highest BCUT2D eigenvalue weighted by atomic mass is 32.1. The first-order valence-electron chi connectivity index (χ1n) is 8.85. The van der Waals surface area contributed by atoms with Gasteiger partial charge in [-0.2, -0.15) is 0 Å². The molecule has 0 fully saturated rings. The smallest absolute Gasteiger partial charge is 0.189 e. The van der Waals surface area contributed by atoms with Gasteiger partial charge >= 0.3 is 0 Å². The fourth-order valence-corrected chi connectivity index (χ4v) is 4.42. The van der Waals surface area contributed by atoms with Crippen molar-refractivity contribution in [3.05, 3.63) is 51.7 Å². The van der Waals surface area contributed by atoms with E-state index in [2.05, 4.69) is 32.7 Å². The van der Waals surface area contributed by atoms with Gasteiger partial charge in [-0.05, 0) is 29.5 Å². The monoisotopic (exact) mass is 356 g/mol. The number of nitrogens with one attached hydrogen (secondary N) is 1. The molecule has 0 bridgehead atoms. The summed E-state index contributed by atoms with van der Waals surface area (Å²) >= 11 is 1.88. The number of para-hydroxylation sites is 1. The summed E-state index contributed by atoms with van der Waals surface area (Å²) in [7, 11) is 0. The predicted octanol–water partition coefficient (Wildman–Crippen LogP) is 2.53. The van der Waals surface area contributed by atoms with Gasteiger partial charge in [0.15, 0.2) is 5.96 Å². The molecule has 132 valence electrons. The average Bonchev–Trinajstić information content (AvgIpc) is 3.10. The first-order valence-corrected chi connectivity index (χ1v) is 9.73. The van der Waals surface area contributed by atoms with Gasteiger partial charge in [0.25, 0.3) is 0 Å². The summed E-state index contributed by atoms with van der Waals surface area (Å²) in [5.74, 6) is 1.47. The van der Waals surface area contributed by atoms with Gasteiger partial charge < -0.3 is 15.8 Å². The van der Waals surface area contributed by atoms with Gasteiger partial charge in [0, 0.05) is 36.5 Å². The molecular formula is C19H24N4OS. The van der Waals surface area contributed by atoms with Crippen LogP contribution in [0, 0.1) is 0 Å². The molecule has 2 aromatic rings. The van der Waals surface area contributed by atoms with Gasteiger partial charge in [0.2, 0.25) is 0 Å². The first kappa shape index (κ1) is 16.4. The summed E-state index contributed by atoms with van der Waals surface area (Å²) in [5, 5.41) is 5.55. The van der Waals surface area contributed by atoms with E-state index < -0.39 is 0 Å². The van der Waals surface area contributed by atoms with Crippen molar-refractivity contribution in [1.29, 1.82) is 0 Å². The summed E-state index contributed by atoms with van der Waals surface area (Å²) in [5.41, 5.74) is 8.76. The molecule has 5 nitrogen and oxygen atoms in total. The Hall–Kier alpha value is -2.05. The molecule has 1 aromatic heterocycles. The lowest BCUT2D eigenvalue weighted by molar-refractivity contribution is 0.260. The number of guanidine groups is 1. The molecule has 3 heterocycles. The molecule has 2 aliphatic rings. The van der Waals surface area contributed by atoms with E-state index in [1.807, 2.05) is 29.5 Å². The van der Waals surface area contributed by atoms with Crippen LogP contribution >= 0.6 is 11.3 Å². The number of aliphatic imine (C=N–C) groups is 1. The van der Waals surface area contributed by atoms with Crippen molar-refractivity contribution in [1.82, 2.24) is 10.2 Å². The largest absolute Gasteiger partial charge is 0.493 e. The number of hydrogen-bond donors (Lipinski definition) is 2. The standard InChI is InChI=1S/C19H24N4OS/c20-19(22-16-6-11-24-17-4-2-1-3-15(16)17)21-8-10-23-9-5-18-14(13-23)7-12-25-18/h1-4,7,12,16H,5-6,8-11,13H2,(H3,20,21,22). The molecule has 0 radical (unpaired) electrons. The summed E-state index contributed by atoms with van der Waals surface area (Å²) in [6.07, 6.45) is 2.06. The summed E-state index contributed by atoms with van der Waals surface area (Å²) in [6, 6.07) is 10.5. The maximum absolute atomic E-state index is 6.12. The maximum atomic E-state index is 6.12. The summed E-state index contributed by atoms with van der Waals surface area (Å²) in [6.45, 7) is 4.53. The van der Waals surface area contributed by atoms with E-state index in [0.29, 0.717) is 12.6 Å². The maximum Gasteiger partial charge on any atom is 0.189 e. The van der Waals surface area contributed by atoms with Gasteiger partial charge in [-0.1, -0.05) is 18.2 Å². The van der Waals surface area contributed by atoms with E-state index in [1.165, 1.54) is 5.56 Å². The van der Waals surface area contributed by atoms with Crippen molar-refractivity contribution in [2.24, 2.45) is 10.7 Å². The van der Waals surface area contributed by atoms with Crippen molar-refractivity contribution in [2.75, 3.05) is 26.2 Å². The highest BCUT2D eigenvalue weighted by Crippen LogP contribution is 2.31. The van der Waals surface area contributed by atoms with E-state index in [1.54, 1.807) is 4.88 Å². The van der Waals surface area contributed by atoms with Crippen LogP contribution in [0.1, 0.15) is 28.5 Å². The fourth-order valence-electron chi connectivity index (χ4n) is 3.53. The minimum absolute atomic E-state index is 0.178. The van der Waals surface area contributed by atoms with Crippen molar-refractivity contribution in [2.45, 2.75) is 25.4 Å². The fraction of sp³-hybridized carbons (Fsp3) is 0.421. The van der Waals surface area contributed by atoms with Crippen molar-refractivity contribution >= 4 is 17.3 Å². The number of ether oxygens (including phenoxy) is 1. The zero-order valence-corrected chi connectivity index (χ0v) is 15.1. The number of rotatable bonds is 4. The molecule has 0 saturated heterocycles. The van der Waals surface area contributed by atoms with Crippen LogP contribution in [0.3, 0.4) is 0 Å². The predicted molar refractivity (Wildman–Crippen MR) is 102 cm³/mol.